The molecule has 2 heterocycles. The molecule has 0 atom stereocenters. The van der Waals surface area contributed by atoms with E-state index in [9.17, 15) is 4.79 Å². The van der Waals surface area contributed by atoms with Crippen molar-refractivity contribution in [2.75, 3.05) is 44.2 Å². The Morgan fingerprint density at radius 2 is 1.81 bits per heavy atom. The normalized spacial score (nSPS) is 17.4. The molecule has 2 fully saturated rings. The van der Waals surface area contributed by atoms with Crippen LogP contribution in [0, 0.1) is 18.8 Å². The number of carbonyl (C=O) groups excluding carboxylic acids is 1. The van der Waals surface area contributed by atoms with Gasteiger partial charge in [0.2, 0.25) is 5.91 Å². The molecule has 4 rings (SSSR count). The zero-order chi connectivity index (χ0) is 22.0. The first kappa shape index (κ1) is 21.9. The van der Waals surface area contributed by atoms with Crippen molar-refractivity contribution in [1.29, 1.82) is 0 Å². The van der Waals surface area contributed by atoms with Crippen LogP contribution in [0.15, 0.2) is 30.3 Å². The van der Waals surface area contributed by atoms with Crippen LogP contribution in [0.4, 0.5) is 5.82 Å². The lowest BCUT2D eigenvalue weighted by Crippen LogP contribution is -2.47. The molecule has 6 heteroatoms. The zero-order valence-electron chi connectivity index (χ0n) is 19.5. The third-order valence-corrected chi connectivity index (χ3v) is 6.45. The first-order chi connectivity index (χ1) is 15.0. The van der Waals surface area contributed by atoms with E-state index < -0.39 is 0 Å². The summed E-state index contributed by atoms with van der Waals surface area (Å²) in [5, 5.41) is 4.97. The maximum atomic E-state index is 13.1. The first-order valence-electron chi connectivity index (χ1n) is 11.9. The van der Waals surface area contributed by atoms with Crippen LogP contribution >= 0.6 is 0 Å². The van der Waals surface area contributed by atoms with Crippen LogP contribution in [0.3, 0.4) is 0 Å². The topological polar surface area (TPSA) is 44.6 Å². The molecular formula is C25H37N5O. The van der Waals surface area contributed by atoms with Gasteiger partial charge in [-0.25, -0.2) is 4.68 Å². The average Bonchev–Trinajstić information content (AvgIpc) is 3.58. The Labute approximate surface area is 186 Å². The van der Waals surface area contributed by atoms with Crippen LogP contribution in [0.5, 0.6) is 0 Å². The van der Waals surface area contributed by atoms with Gasteiger partial charge in [-0.05, 0) is 44.4 Å². The Morgan fingerprint density at radius 3 is 2.39 bits per heavy atom. The summed E-state index contributed by atoms with van der Waals surface area (Å²) in [7, 11) is 0. The summed E-state index contributed by atoms with van der Waals surface area (Å²) in [5.41, 5.74) is 3.30. The molecule has 1 amide bonds. The summed E-state index contributed by atoms with van der Waals surface area (Å²) in [5.74, 6) is 2.17. The summed E-state index contributed by atoms with van der Waals surface area (Å²) in [4.78, 5) is 20.1. The second-order valence-corrected chi connectivity index (χ2v) is 9.44. The fourth-order valence-corrected chi connectivity index (χ4v) is 4.53. The van der Waals surface area contributed by atoms with Gasteiger partial charge in [0.15, 0.2) is 0 Å². The van der Waals surface area contributed by atoms with Gasteiger partial charge in [-0.1, -0.05) is 39.0 Å². The number of piperazine rings is 1. The van der Waals surface area contributed by atoms with Gasteiger partial charge in [-0.3, -0.25) is 4.79 Å². The highest BCUT2D eigenvalue weighted by atomic mass is 16.2. The van der Waals surface area contributed by atoms with Crippen LogP contribution in [0.2, 0.25) is 0 Å². The predicted octanol–water partition coefficient (Wildman–Crippen LogP) is 3.72. The van der Waals surface area contributed by atoms with Crippen LogP contribution in [0.25, 0.3) is 5.69 Å². The number of aryl methyl sites for hydroxylation is 1. The molecule has 1 aliphatic carbocycles. The van der Waals surface area contributed by atoms with E-state index in [1.54, 1.807) is 0 Å². The van der Waals surface area contributed by atoms with Gasteiger partial charge in [0, 0.05) is 44.2 Å². The van der Waals surface area contributed by atoms with Crippen molar-refractivity contribution in [2.24, 2.45) is 11.8 Å². The van der Waals surface area contributed by atoms with E-state index in [-0.39, 0.29) is 5.92 Å². The fourth-order valence-electron chi connectivity index (χ4n) is 4.53. The number of hydrogen-bond acceptors (Lipinski definition) is 4. The molecule has 1 saturated heterocycles. The molecule has 0 N–H and O–H groups in total. The summed E-state index contributed by atoms with van der Waals surface area (Å²) < 4.78 is 2.10. The lowest BCUT2D eigenvalue weighted by molar-refractivity contribution is -0.133. The smallest absolute Gasteiger partial charge is 0.225 e. The van der Waals surface area contributed by atoms with E-state index in [0.29, 0.717) is 18.4 Å². The number of benzene rings is 1. The van der Waals surface area contributed by atoms with Crippen molar-refractivity contribution in [2.45, 2.75) is 47.1 Å². The molecule has 31 heavy (non-hydrogen) atoms. The van der Waals surface area contributed by atoms with E-state index >= 15 is 0 Å². The van der Waals surface area contributed by atoms with E-state index in [2.05, 4.69) is 71.3 Å². The van der Waals surface area contributed by atoms with Gasteiger partial charge in [-0.2, -0.15) is 5.10 Å². The standard InChI is InChI=1S/C25H37N5O/c1-5-27-13-15-28(16-14-27)24-23(18-29(17-19(2)3)25(31)21-11-12-21)20(4)26-30(24)22-9-7-6-8-10-22/h6-10,19,21H,5,11-18H2,1-4H3. The average molecular weight is 424 g/mol. The number of hydrogen-bond donors (Lipinski definition) is 0. The quantitative estimate of drug-likeness (QED) is 0.649. The molecule has 2 aliphatic rings. The minimum absolute atomic E-state index is 0.236. The molecule has 1 aliphatic heterocycles. The molecule has 168 valence electrons. The molecule has 0 spiro atoms. The van der Waals surface area contributed by atoms with Gasteiger partial charge >= 0.3 is 0 Å². The van der Waals surface area contributed by atoms with Crippen molar-refractivity contribution < 1.29 is 4.79 Å². The number of nitrogens with zero attached hydrogens (tertiary/aromatic N) is 5. The predicted molar refractivity (Wildman–Crippen MR) is 126 cm³/mol. The highest BCUT2D eigenvalue weighted by Gasteiger charge is 2.35. The first-order valence-corrected chi connectivity index (χ1v) is 11.9. The number of para-hydroxylation sites is 1. The molecule has 2 aromatic rings. The Morgan fingerprint density at radius 1 is 1.13 bits per heavy atom. The highest BCUT2D eigenvalue weighted by Crippen LogP contribution is 2.34. The largest absolute Gasteiger partial charge is 0.354 e. The molecule has 0 bridgehead atoms. The number of anilines is 1. The number of carbonyl (C=O) groups is 1. The Hall–Kier alpha value is -2.34. The van der Waals surface area contributed by atoms with Crippen LogP contribution < -0.4 is 4.90 Å². The van der Waals surface area contributed by atoms with Crippen molar-refractivity contribution >= 4 is 11.7 Å². The highest BCUT2D eigenvalue weighted by molar-refractivity contribution is 5.81. The number of aromatic nitrogens is 2. The number of likely N-dealkylation sites (N-methyl/N-ethyl adjacent to an activating group) is 1. The van der Waals surface area contributed by atoms with E-state index in [0.717, 1.165) is 69.3 Å². The lowest BCUT2D eigenvalue weighted by atomic mass is 10.1. The molecule has 1 aromatic heterocycles. The van der Waals surface area contributed by atoms with Gasteiger partial charge in [0.05, 0.1) is 17.9 Å². The minimum Gasteiger partial charge on any atom is -0.354 e. The third kappa shape index (κ3) is 4.95. The monoisotopic (exact) mass is 423 g/mol. The summed E-state index contributed by atoms with van der Waals surface area (Å²) >= 11 is 0. The van der Waals surface area contributed by atoms with Crippen molar-refractivity contribution in [3.63, 3.8) is 0 Å². The zero-order valence-corrected chi connectivity index (χ0v) is 19.5. The van der Waals surface area contributed by atoms with Gasteiger partial charge in [0.1, 0.15) is 5.82 Å². The van der Waals surface area contributed by atoms with Crippen molar-refractivity contribution in [3.8, 4) is 5.69 Å². The molecular weight excluding hydrogens is 386 g/mol. The number of amides is 1. The Bertz CT molecular complexity index is 879. The Balaban J connectivity index is 1.70. The molecule has 0 radical (unpaired) electrons. The SMILES string of the molecule is CCN1CCN(c2c(CN(CC(C)C)C(=O)C3CC3)c(C)nn2-c2ccccc2)CC1. The Kier molecular flexibility index (Phi) is 6.65. The molecule has 0 unspecified atom stereocenters. The second-order valence-electron chi connectivity index (χ2n) is 9.44. The fraction of sp³-hybridized carbons (Fsp3) is 0.600. The third-order valence-electron chi connectivity index (χ3n) is 6.45. The number of rotatable bonds is 8. The maximum Gasteiger partial charge on any atom is 0.225 e. The van der Waals surface area contributed by atoms with Gasteiger partial charge < -0.3 is 14.7 Å². The van der Waals surface area contributed by atoms with Crippen LogP contribution in [-0.4, -0.2) is 64.8 Å². The van der Waals surface area contributed by atoms with Crippen LogP contribution in [-0.2, 0) is 11.3 Å². The maximum absolute atomic E-state index is 13.1. The summed E-state index contributed by atoms with van der Waals surface area (Å²) in [6.45, 7) is 15.3. The van der Waals surface area contributed by atoms with Gasteiger partial charge in [0.25, 0.3) is 0 Å². The van der Waals surface area contributed by atoms with Crippen LogP contribution in [0.1, 0.15) is 44.9 Å². The summed E-state index contributed by atoms with van der Waals surface area (Å²) in [6.07, 6.45) is 2.09. The molecule has 6 nitrogen and oxygen atoms in total. The second kappa shape index (κ2) is 9.43. The lowest BCUT2D eigenvalue weighted by Gasteiger charge is -2.36. The van der Waals surface area contributed by atoms with E-state index in [1.807, 2.05) is 6.07 Å². The van der Waals surface area contributed by atoms with Crippen molar-refractivity contribution in [3.05, 3.63) is 41.6 Å². The molecule has 1 aromatic carbocycles. The summed E-state index contributed by atoms with van der Waals surface area (Å²) in [6, 6.07) is 10.4. The van der Waals surface area contributed by atoms with Crippen molar-refractivity contribution in [1.82, 2.24) is 19.6 Å². The minimum atomic E-state index is 0.236. The van der Waals surface area contributed by atoms with Gasteiger partial charge in [-0.15, -0.1) is 0 Å². The molecule has 1 saturated carbocycles. The van der Waals surface area contributed by atoms with E-state index in [4.69, 9.17) is 5.10 Å². The van der Waals surface area contributed by atoms with E-state index in [1.165, 1.54) is 5.56 Å².